The lowest BCUT2D eigenvalue weighted by Gasteiger charge is -2.18. The molecule has 6 nitrogen and oxygen atoms in total. The highest BCUT2D eigenvalue weighted by atomic mass is 16.6. The first-order chi connectivity index (χ1) is 37.0. The second-order valence-corrected chi connectivity index (χ2v) is 19.9. The minimum Gasteiger partial charge on any atom is -0.462 e. The highest BCUT2D eigenvalue weighted by Gasteiger charge is 2.19. The molecule has 0 N–H and O–H groups in total. The molecule has 0 heterocycles. The number of ether oxygens (including phenoxy) is 3. The molecule has 0 amide bonds. The summed E-state index contributed by atoms with van der Waals surface area (Å²) in [5, 5.41) is 0. The van der Waals surface area contributed by atoms with Crippen molar-refractivity contribution in [2.75, 3.05) is 13.2 Å². The van der Waals surface area contributed by atoms with Crippen LogP contribution in [0, 0.1) is 0 Å². The molecule has 6 heteroatoms. The average Bonchev–Trinajstić information content (AvgIpc) is 3.41. The maximum atomic E-state index is 12.8. The predicted octanol–water partition coefficient (Wildman–Crippen LogP) is 21.0. The van der Waals surface area contributed by atoms with E-state index in [1.807, 2.05) is 0 Å². The second kappa shape index (κ2) is 62.1. The molecule has 0 aromatic carbocycles. The van der Waals surface area contributed by atoms with Gasteiger partial charge in [0.1, 0.15) is 13.2 Å². The van der Waals surface area contributed by atoms with E-state index < -0.39 is 6.10 Å². The summed E-state index contributed by atoms with van der Waals surface area (Å²) in [6.45, 7) is 6.45. The van der Waals surface area contributed by atoms with Crippen molar-refractivity contribution >= 4 is 17.9 Å². The highest BCUT2D eigenvalue weighted by molar-refractivity contribution is 5.71. The van der Waals surface area contributed by atoms with Crippen LogP contribution in [0.15, 0.2) is 134 Å². The summed E-state index contributed by atoms with van der Waals surface area (Å²) in [5.41, 5.74) is 0. The van der Waals surface area contributed by atoms with E-state index >= 15 is 0 Å². The molecule has 424 valence electrons. The first-order valence-electron chi connectivity index (χ1n) is 30.7. The lowest BCUT2D eigenvalue weighted by molar-refractivity contribution is -0.167. The normalized spacial score (nSPS) is 13.1. The summed E-state index contributed by atoms with van der Waals surface area (Å²) < 4.78 is 16.8. The Labute approximate surface area is 462 Å². The van der Waals surface area contributed by atoms with E-state index in [9.17, 15) is 14.4 Å². The molecule has 1 atom stereocenters. The van der Waals surface area contributed by atoms with Crippen molar-refractivity contribution in [2.45, 2.75) is 271 Å². The van der Waals surface area contributed by atoms with Crippen LogP contribution in [0.1, 0.15) is 265 Å². The minimum atomic E-state index is -0.801. The van der Waals surface area contributed by atoms with Gasteiger partial charge >= 0.3 is 17.9 Å². The smallest absolute Gasteiger partial charge is 0.306 e. The van der Waals surface area contributed by atoms with E-state index in [1.165, 1.54) is 89.9 Å². The molecule has 75 heavy (non-hydrogen) atoms. The van der Waals surface area contributed by atoms with Crippen molar-refractivity contribution in [3.05, 3.63) is 134 Å². The minimum absolute atomic E-state index is 0.0960. The number of carbonyl (C=O) groups is 3. The van der Waals surface area contributed by atoms with E-state index in [0.29, 0.717) is 25.7 Å². The molecule has 0 aliphatic heterocycles. The van der Waals surface area contributed by atoms with E-state index in [4.69, 9.17) is 14.2 Å². The van der Waals surface area contributed by atoms with Crippen LogP contribution in [-0.4, -0.2) is 37.2 Å². The first kappa shape index (κ1) is 70.5. The van der Waals surface area contributed by atoms with Crippen LogP contribution >= 0.6 is 0 Å². The molecule has 0 fully saturated rings. The van der Waals surface area contributed by atoms with E-state index in [0.717, 1.165) is 128 Å². The summed E-state index contributed by atoms with van der Waals surface area (Å²) in [7, 11) is 0. The van der Waals surface area contributed by atoms with Gasteiger partial charge in [-0.25, -0.2) is 0 Å². The van der Waals surface area contributed by atoms with Crippen LogP contribution in [0.3, 0.4) is 0 Å². The molecule has 0 radical (unpaired) electrons. The van der Waals surface area contributed by atoms with Crippen molar-refractivity contribution in [2.24, 2.45) is 0 Å². The average molecular weight is 1040 g/mol. The maximum Gasteiger partial charge on any atom is 0.306 e. The zero-order chi connectivity index (χ0) is 54.3. The maximum absolute atomic E-state index is 12.8. The summed E-state index contributed by atoms with van der Waals surface area (Å²) in [5.74, 6) is -0.953. The predicted molar refractivity (Wildman–Crippen MR) is 325 cm³/mol. The van der Waals surface area contributed by atoms with Gasteiger partial charge in [0.25, 0.3) is 0 Å². The third kappa shape index (κ3) is 60.3. The molecule has 1 unspecified atom stereocenters. The van der Waals surface area contributed by atoms with Gasteiger partial charge in [-0.15, -0.1) is 0 Å². The Morgan fingerprint density at radius 3 is 0.867 bits per heavy atom. The lowest BCUT2D eigenvalue weighted by atomic mass is 10.1. The second-order valence-electron chi connectivity index (χ2n) is 19.9. The van der Waals surface area contributed by atoms with E-state index in [2.05, 4.69) is 154 Å². The quantitative estimate of drug-likeness (QED) is 0.0261. The third-order valence-corrected chi connectivity index (χ3v) is 12.6. The van der Waals surface area contributed by atoms with Gasteiger partial charge in [-0.1, -0.05) is 257 Å². The van der Waals surface area contributed by atoms with Gasteiger partial charge in [0.15, 0.2) is 6.10 Å². The van der Waals surface area contributed by atoms with Gasteiger partial charge in [-0.3, -0.25) is 14.4 Å². The molecule has 0 bridgehead atoms. The molecule has 0 aliphatic carbocycles. The zero-order valence-electron chi connectivity index (χ0n) is 48.5. The largest absolute Gasteiger partial charge is 0.462 e. The van der Waals surface area contributed by atoms with Gasteiger partial charge in [-0.2, -0.15) is 0 Å². The fraction of sp³-hybridized carbons (Fsp3) is 0.638. The van der Waals surface area contributed by atoms with Crippen LogP contribution in [0.2, 0.25) is 0 Å². The topological polar surface area (TPSA) is 78.9 Å². The van der Waals surface area contributed by atoms with Crippen molar-refractivity contribution in [1.29, 1.82) is 0 Å². The van der Waals surface area contributed by atoms with Crippen molar-refractivity contribution in [1.82, 2.24) is 0 Å². The third-order valence-electron chi connectivity index (χ3n) is 12.6. The first-order valence-corrected chi connectivity index (χ1v) is 30.7. The van der Waals surface area contributed by atoms with Crippen LogP contribution in [0.5, 0.6) is 0 Å². The Morgan fingerprint density at radius 2 is 0.520 bits per heavy atom. The highest BCUT2D eigenvalue weighted by Crippen LogP contribution is 2.14. The van der Waals surface area contributed by atoms with Crippen LogP contribution in [-0.2, 0) is 28.6 Å². The fourth-order valence-corrected chi connectivity index (χ4v) is 8.05. The molecular formula is C69H112O6. The number of carbonyl (C=O) groups excluding carboxylic acids is 3. The van der Waals surface area contributed by atoms with Crippen molar-refractivity contribution in [3.8, 4) is 0 Å². The Balaban J connectivity index is 4.32. The van der Waals surface area contributed by atoms with Crippen molar-refractivity contribution < 1.29 is 28.6 Å². The Kier molecular flexibility index (Phi) is 58.4. The number of unbranched alkanes of at least 4 members (excludes halogenated alkanes) is 21. The standard InChI is InChI=1S/C69H112O6/c1-4-7-10-13-16-19-22-24-25-26-27-28-29-30-31-32-33-34-35-36-37-38-39-40-41-42-43-45-47-50-53-56-59-62-68(71)74-65-66(64-73-67(70)61-58-55-52-49-46-21-18-15-12-9-6-3)75-69(72)63-60-57-54-51-48-44-23-20-17-14-11-8-5-2/h7,10,16,19-20,23-25,27-28,30-31,33-34,36-37,39-40,42-43,47,50,66H,4-6,8-9,11-15,17-18,21-22,26,29,32,35,38,41,44-46,48-49,51-65H2,1-3H3/b10-7-,19-16-,23-20-,25-24-,28-27-,31-30-,34-33-,37-36-,40-39-,43-42-,50-47-. The molecular weight excluding hydrogens is 925 g/mol. The van der Waals surface area contributed by atoms with Gasteiger partial charge in [0.05, 0.1) is 0 Å². The number of esters is 3. The SMILES string of the molecule is CC/C=C\C/C=C\C/C=C\C/C=C\C/C=C\C/C=C\C/C=C\C/C=C\C/C=C\C/C=C\CCCCC(=O)OCC(COC(=O)CCCCCCCCCCCCC)OC(=O)CCCCCCC/C=C\CCCCCC. The number of hydrogen-bond donors (Lipinski definition) is 0. The van der Waals surface area contributed by atoms with Gasteiger partial charge < -0.3 is 14.2 Å². The fourth-order valence-electron chi connectivity index (χ4n) is 8.05. The summed E-state index contributed by atoms with van der Waals surface area (Å²) in [4.78, 5) is 38.1. The van der Waals surface area contributed by atoms with Crippen LogP contribution < -0.4 is 0 Å². The van der Waals surface area contributed by atoms with E-state index in [1.54, 1.807) is 0 Å². The lowest BCUT2D eigenvalue weighted by Crippen LogP contribution is -2.30. The Morgan fingerprint density at radius 1 is 0.280 bits per heavy atom. The molecule has 0 aromatic rings. The van der Waals surface area contributed by atoms with Gasteiger partial charge in [0.2, 0.25) is 0 Å². The molecule has 0 saturated carbocycles. The Hall–Kier alpha value is -4.45. The summed E-state index contributed by atoms with van der Waals surface area (Å²) in [6.07, 6.45) is 87.5. The molecule has 0 rings (SSSR count). The molecule has 0 spiro atoms. The molecule has 0 aliphatic rings. The van der Waals surface area contributed by atoms with E-state index in [-0.39, 0.29) is 31.1 Å². The van der Waals surface area contributed by atoms with Gasteiger partial charge in [-0.05, 0) is 122 Å². The summed E-state index contributed by atoms with van der Waals surface area (Å²) in [6, 6.07) is 0. The van der Waals surface area contributed by atoms with Crippen LogP contribution in [0.4, 0.5) is 0 Å². The molecule has 0 saturated heterocycles. The van der Waals surface area contributed by atoms with Gasteiger partial charge in [0, 0.05) is 19.3 Å². The number of allylic oxidation sites excluding steroid dienone is 22. The zero-order valence-corrected chi connectivity index (χ0v) is 48.5. The monoisotopic (exact) mass is 1040 g/mol. The number of hydrogen-bond acceptors (Lipinski definition) is 6. The van der Waals surface area contributed by atoms with Crippen LogP contribution in [0.25, 0.3) is 0 Å². The summed E-state index contributed by atoms with van der Waals surface area (Å²) >= 11 is 0. The Bertz CT molecular complexity index is 1620. The number of rotatable bonds is 54. The van der Waals surface area contributed by atoms with Crippen molar-refractivity contribution in [3.63, 3.8) is 0 Å². The molecule has 0 aromatic heterocycles.